The van der Waals surface area contributed by atoms with Crippen molar-refractivity contribution < 1.29 is 4.79 Å². The molecule has 0 saturated heterocycles. The molecular formula is C23H20ClN3O. The number of carbonyl (C=O) groups is 1. The zero-order chi connectivity index (χ0) is 19.6. The molecule has 0 aliphatic heterocycles. The summed E-state index contributed by atoms with van der Waals surface area (Å²) in [6.07, 6.45) is 3.84. The van der Waals surface area contributed by atoms with E-state index in [0.717, 1.165) is 11.1 Å². The van der Waals surface area contributed by atoms with Crippen LogP contribution in [-0.4, -0.2) is 18.2 Å². The van der Waals surface area contributed by atoms with Gasteiger partial charge in [0.15, 0.2) is 0 Å². The van der Waals surface area contributed by atoms with Gasteiger partial charge in [-0.25, -0.2) is 5.43 Å². The second-order valence-electron chi connectivity index (χ2n) is 5.98. The fraction of sp³-hybridized carbons (Fsp3) is 0.0435. The predicted octanol–water partition coefficient (Wildman–Crippen LogP) is 4.99. The summed E-state index contributed by atoms with van der Waals surface area (Å²) in [6, 6.07) is 26.9. The fourth-order valence-electron chi connectivity index (χ4n) is 2.49. The number of hydrazone groups is 1. The van der Waals surface area contributed by atoms with E-state index in [-0.39, 0.29) is 12.5 Å². The summed E-state index contributed by atoms with van der Waals surface area (Å²) in [5.74, 6) is -0.263. The van der Waals surface area contributed by atoms with Crippen molar-refractivity contribution in [3.63, 3.8) is 0 Å². The number of hydrogen-bond donors (Lipinski definition) is 2. The van der Waals surface area contributed by atoms with Crippen LogP contribution in [0.1, 0.15) is 11.1 Å². The van der Waals surface area contributed by atoms with Gasteiger partial charge in [0.25, 0.3) is 5.91 Å². The van der Waals surface area contributed by atoms with Gasteiger partial charge in [-0.15, -0.1) is 0 Å². The van der Waals surface area contributed by atoms with E-state index in [4.69, 9.17) is 11.6 Å². The van der Waals surface area contributed by atoms with Crippen LogP contribution in [0, 0.1) is 0 Å². The average Bonchev–Trinajstić information content (AvgIpc) is 2.74. The molecule has 0 heterocycles. The standard InChI is InChI=1S/C23H20ClN3O/c24-20-13-7-8-14-22(20)25-17-23(28)27-26-21(19-11-5-2-6-12-19)16-15-18-9-3-1-4-10-18/h1-16,25H,17H2,(H,27,28). The van der Waals surface area contributed by atoms with Gasteiger partial charge in [0.05, 0.1) is 23.0 Å². The Morgan fingerprint density at radius 1 is 0.893 bits per heavy atom. The van der Waals surface area contributed by atoms with Crippen molar-refractivity contribution >= 4 is 35.0 Å². The summed E-state index contributed by atoms with van der Waals surface area (Å²) in [5.41, 5.74) is 5.93. The lowest BCUT2D eigenvalue weighted by atomic mass is 10.1. The molecule has 0 fully saturated rings. The molecule has 0 radical (unpaired) electrons. The third-order valence-electron chi connectivity index (χ3n) is 3.92. The lowest BCUT2D eigenvalue weighted by Crippen LogP contribution is -2.27. The third-order valence-corrected chi connectivity index (χ3v) is 4.25. The van der Waals surface area contributed by atoms with Crippen molar-refractivity contribution in [2.75, 3.05) is 11.9 Å². The van der Waals surface area contributed by atoms with Crippen LogP contribution in [-0.2, 0) is 4.79 Å². The van der Waals surface area contributed by atoms with Crippen LogP contribution >= 0.6 is 11.6 Å². The van der Waals surface area contributed by atoms with Crippen LogP contribution in [0.5, 0.6) is 0 Å². The Bertz CT molecular complexity index is 969. The molecule has 2 N–H and O–H groups in total. The first-order valence-corrected chi connectivity index (χ1v) is 9.23. The van der Waals surface area contributed by atoms with E-state index in [0.29, 0.717) is 16.4 Å². The molecule has 0 spiro atoms. The minimum absolute atomic E-state index is 0.0672. The second kappa shape index (κ2) is 10.1. The quantitative estimate of drug-likeness (QED) is 0.442. The van der Waals surface area contributed by atoms with E-state index in [1.54, 1.807) is 6.07 Å². The molecule has 0 aromatic heterocycles. The number of nitrogens with zero attached hydrogens (tertiary/aromatic N) is 1. The monoisotopic (exact) mass is 389 g/mol. The minimum atomic E-state index is -0.263. The molecule has 3 aromatic carbocycles. The summed E-state index contributed by atoms with van der Waals surface area (Å²) in [7, 11) is 0. The largest absolute Gasteiger partial charge is 0.375 e. The molecule has 0 unspecified atom stereocenters. The van der Waals surface area contributed by atoms with Gasteiger partial charge in [-0.05, 0) is 23.8 Å². The number of anilines is 1. The van der Waals surface area contributed by atoms with Gasteiger partial charge in [-0.3, -0.25) is 4.79 Å². The van der Waals surface area contributed by atoms with Crippen LogP contribution in [0.3, 0.4) is 0 Å². The van der Waals surface area contributed by atoms with Crippen LogP contribution in [0.15, 0.2) is 96.1 Å². The summed E-state index contributed by atoms with van der Waals surface area (Å²) < 4.78 is 0. The highest BCUT2D eigenvalue weighted by Crippen LogP contribution is 2.19. The highest BCUT2D eigenvalue weighted by molar-refractivity contribution is 6.33. The molecule has 3 rings (SSSR count). The van der Waals surface area contributed by atoms with E-state index < -0.39 is 0 Å². The topological polar surface area (TPSA) is 53.5 Å². The number of rotatable bonds is 7. The first kappa shape index (κ1) is 19.4. The number of allylic oxidation sites excluding steroid dienone is 1. The Balaban J connectivity index is 1.69. The number of hydrogen-bond acceptors (Lipinski definition) is 3. The SMILES string of the molecule is O=C(CNc1ccccc1Cl)NN=C(C=Cc1ccccc1)c1ccccc1. The molecule has 0 aliphatic carbocycles. The molecule has 28 heavy (non-hydrogen) atoms. The first-order valence-electron chi connectivity index (χ1n) is 8.86. The summed E-state index contributed by atoms with van der Waals surface area (Å²) in [5, 5.41) is 7.87. The number of benzene rings is 3. The molecule has 3 aromatic rings. The van der Waals surface area contributed by atoms with E-state index in [1.165, 1.54) is 0 Å². The van der Waals surface area contributed by atoms with Gasteiger partial charge in [0.1, 0.15) is 0 Å². The molecule has 4 nitrogen and oxygen atoms in total. The summed E-state index contributed by atoms with van der Waals surface area (Å²) >= 11 is 6.08. The normalized spacial score (nSPS) is 11.4. The van der Waals surface area contributed by atoms with Crippen molar-refractivity contribution in [3.05, 3.63) is 107 Å². The average molecular weight is 390 g/mol. The fourth-order valence-corrected chi connectivity index (χ4v) is 2.69. The maximum absolute atomic E-state index is 12.2. The molecule has 0 aliphatic rings. The third kappa shape index (κ3) is 5.83. The zero-order valence-electron chi connectivity index (χ0n) is 15.2. The Labute approximate surface area is 169 Å². The van der Waals surface area contributed by atoms with Gasteiger partial charge in [0, 0.05) is 5.56 Å². The number of carbonyl (C=O) groups excluding carboxylic acids is 1. The summed E-state index contributed by atoms with van der Waals surface area (Å²) in [6.45, 7) is 0.0672. The number of para-hydroxylation sites is 1. The maximum Gasteiger partial charge on any atom is 0.259 e. The molecule has 5 heteroatoms. The number of nitrogens with one attached hydrogen (secondary N) is 2. The van der Waals surface area contributed by atoms with Gasteiger partial charge in [-0.2, -0.15) is 5.10 Å². The van der Waals surface area contributed by atoms with Gasteiger partial charge < -0.3 is 5.32 Å². The van der Waals surface area contributed by atoms with Crippen molar-refractivity contribution in [2.24, 2.45) is 5.10 Å². The van der Waals surface area contributed by atoms with Crippen LogP contribution in [0.2, 0.25) is 5.02 Å². The van der Waals surface area contributed by atoms with Crippen molar-refractivity contribution in [1.82, 2.24) is 5.43 Å². The molecule has 1 amide bonds. The van der Waals surface area contributed by atoms with Crippen molar-refractivity contribution in [1.29, 1.82) is 0 Å². The summed E-state index contributed by atoms with van der Waals surface area (Å²) in [4.78, 5) is 12.2. The minimum Gasteiger partial charge on any atom is -0.375 e. The molecule has 0 bridgehead atoms. The first-order chi connectivity index (χ1) is 13.7. The van der Waals surface area contributed by atoms with Crippen molar-refractivity contribution in [2.45, 2.75) is 0 Å². The van der Waals surface area contributed by atoms with Crippen LogP contribution in [0.4, 0.5) is 5.69 Å². The maximum atomic E-state index is 12.2. The van der Waals surface area contributed by atoms with E-state index in [2.05, 4.69) is 15.8 Å². The molecular weight excluding hydrogens is 370 g/mol. The van der Waals surface area contributed by atoms with Crippen LogP contribution in [0.25, 0.3) is 6.08 Å². The van der Waals surface area contributed by atoms with E-state index >= 15 is 0 Å². The molecule has 0 atom stereocenters. The highest BCUT2D eigenvalue weighted by Gasteiger charge is 2.04. The Hall–Kier alpha value is -3.37. The predicted molar refractivity (Wildman–Crippen MR) is 117 cm³/mol. The Morgan fingerprint density at radius 3 is 2.25 bits per heavy atom. The Morgan fingerprint density at radius 2 is 1.54 bits per heavy atom. The lowest BCUT2D eigenvalue weighted by Gasteiger charge is -2.08. The van der Waals surface area contributed by atoms with Crippen LogP contribution < -0.4 is 10.7 Å². The van der Waals surface area contributed by atoms with Gasteiger partial charge in [-0.1, -0.05) is 90.5 Å². The molecule has 0 saturated carbocycles. The highest BCUT2D eigenvalue weighted by atomic mass is 35.5. The van der Waals surface area contributed by atoms with Gasteiger partial charge >= 0.3 is 0 Å². The van der Waals surface area contributed by atoms with E-state index in [1.807, 2.05) is 91.0 Å². The van der Waals surface area contributed by atoms with E-state index in [9.17, 15) is 4.79 Å². The molecule has 140 valence electrons. The number of halogens is 1. The number of amides is 1. The second-order valence-corrected chi connectivity index (χ2v) is 6.38. The zero-order valence-corrected chi connectivity index (χ0v) is 15.9. The Kier molecular flexibility index (Phi) is 6.99. The van der Waals surface area contributed by atoms with Gasteiger partial charge in [0.2, 0.25) is 0 Å². The smallest absolute Gasteiger partial charge is 0.259 e. The lowest BCUT2D eigenvalue weighted by molar-refractivity contribution is -0.119. The van der Waals surface area contributed by atoms with Crippen molar-refractivity contribution in [3.8, 4) is 0 Å².